The molecule has 0 radical (unpaired) electrons. The predicted octanol–water partition coefficient (Wildman–Crippen LogP) is 3.70. The van der Waals surface area contributed by atoms with Gasteiger partial charge in [-0.2, -0.15) is 0 Å². The molecule has 0 atom stereocenters. The minimum absolute atomic E-state index is 0.234. The highest BCUT2D eigenvalue weighted by Crippen LogP contribution is 2.23. The number of nitrogens with zero attached hydrogens (tertiary/aromatic N) is 1. The first-order valence-electron chi connectivity index (χ1n) is 7.33. The Morgan fingerprint density at radius 2 is 1.65 bits per heavy atom. The Morgan fingerprint density at radius 3 is 2.30 bits per heavy atom. The maximum Gasteiger partial charge on any atom is 0.308 e. The Bertz CT molecular complexity index is 710. The van der Waals surface area contributed by atoms with Gasteiger partial charge in [0.2, 0.25) is 0 Å². The minimum Gasteiger partial charge on any atom is -0.436 e. The highest BCUT2D eigenvalue weighted by atomic mass is 16.6. The van der Waals surface area contributed by atoms with Gasteiger partial charge in [0.1, 0.15) is 18.1 Å². The zero-order chi connectivity index (χ0) is 16.7. The van der Waals surface area contributed by atoms with Crippen LogP contribution >= 0.6 is 0 Å². The summed E-state index contributed by atoms with van der Waals surface area (Å²) in [6, 6.07) is 14.6. The normalized spacial score (nSPS) is 11.0. The molecular weight excluding hydrogens is 294 g/mol. The van der Waals surface area contributed by atoms with Crippen LogP contribution in [0.25, 0.3) is 0 Å². The third-order valence-electron chi connectivity index (χ3n) is 2.95. The molecule has 0 aliphatic rings. The van der Waals surface area contributed by atoms with Crippen LogP contribution in [0.15, 0.2) is 53.7 Å². The predicted molar refractivity (Wildman–Crippen MR) is 87.7 cm³/mol. The third-order valence-corrected chi connectivity index (χ3v) is 2.95. The SMILES string of the molecule is CCO/N=C(/Oc1ccccc1C)c1ccccc1OC(C)=O. The fourth-order valence-corrected chi connectivity index (χ4v) is 1.91. The number of carbonyl (C=O) groups excluding carboxylic acids is 1. The molecule has 2 rings (SSSR count). The van der Waals surface area contributed by atoms with E-state index >= 15 is 0 Å². The van der Waals surface area contributed by atoms with Gasteiger partial charge in [0, 0.05) is 6.92 Å². The number of carbonyl (C=O) groups is 1. The quantitative estimate of drug-likeness (QED) is 0.278. The van der Waals surface area contributed by atoms with Gasteiger partial charge in [-0.05, 0) is 42.8 Å². The molecule has 5 heteroatoms. The van der Waals surface area contributed by atoms with Gasteiger partial charge in [-0.3, -0.25) is 4.79 Å². The summed E-state index contributed by atoms with van der Waals surface area (Å²) in [5, 5.41) is 4.02. The topological polar surface area (TPSA) is 57.1 Å². The molecular formula is C18H19NO4. The second-order valence-corrected chi connectivity index (χ2v) is 4.77. The molecule has 0 aliphatic carbocycles. The summed E-state index contributed by atoms with van der Waals surface area (Å²) in [5.74, 6) is 0.845. The van der Waals surface area contributed by atoms with E-state index in [0.717, 1.165) is 5.56 Å². The van der Waals surface area contributed by atoms with Crippen LogP contribution in [0.2, 0.25) is 0 Å². The second kappa shape index (κ2) is 7.98. The van der Waals surface area contributed by atoms with Gasteiger partial charge in [-0.1, -0.05) is 30.3 Å². The van der Waals surface area contributed by atoms with Crippen LogP contribution in [0.1, 0.15) is 25.0 Å². The largest absolute Gasteiger partial charge is 0.436 e. The monoisotopic (exact) mass is 313 g/mol. The first-order valence-corrected chi connectivity index (χ1v) is 7.33. The summed E-state index contributed by atoms with van der Waals surface area (Å²) < 4.78 is 11.1. The number of esters is 1. The van der Waals surface area contributed by atoms with Crippen molar-refractivity contribution in [2.45, 2.75) is 20.8 Å². The van der Waals surface area contributed by atoms with Gasteiger partial charge in [0.25, 0.3) is 5.90 Å². The molecule has 2 aromatic carbocycles. The van der Waals surface area contributed by atoms with Crippen LogP contribution in [0.4, 0.5) is 0 Å². The first kappa shape index (κ1) is 16.5. The highest BCUT2D eigenvalue weighted by Gasteiger charge is 2.16. The average molecular weight is 313 g/mol. The summed E-state index contributed by atoms with van der Waals surface area (Å²) in [5.41, 5.74) is 1.50. The number of aryl methyl sites for hydroxylation is 1. The molecule has 0 N–H and O–H groups in total. The molecule has 0 saturated carbocycles. The molecule has 0 fully saturated rings. The molecule has 2 aromatic rings. The van der Waals surface area contributed by atoms with Crippen molar-refractivity contribution < 1.29 is 19.1 Å². The minimum atomic E-state index is -0.413. The molecule has 0 spiro atoms. The van der Waals surface area contributed by atoms with Crippen molar-refractivity contribution in [3.8, 4) is 11.5 Å². The molecule has 120 valence electrons. The zero-order valence-electron chi connectivity index (χ0n) is 13.4. The van der Waals surface area contributed by atoms with E-state index in [1.54, 1.807) is 18.2 Å². The van der Waals surface area contributed by atoms with E-state index in [-0.39, 0.29) is 5.90 Å². The van der Waals surface area contributed by atoms with Gasteiger partial charge < -0.3 is 14.3 Å². The van der Waals surface area contributed by atoms with Crippen molar-refractivity contribution in [2.24, 2.45) is 5.16 Å². The fourth-order valence-electron chi connectivity index (χ4n) is 1.91. The number of para-hydroxylation sites is 2. The summed E-state index contributed by atoms with van der Waals surface area (Å²) in [4.78, 5) is 16.4. The first-order chi connectivity index (χ1) is 11.1. The number of benzene rings is 2. The Hall–Kier alpha value is -2.82. The Morgan fingerprint density at radius 1 is 1.00 bits per heavy atom. The molecule has 0 aromatic heterocycles. The van der Waals surface area contributed by atoms with E-state index in [1.807, 2.05) is 44.2 Å². The van der Waals surface area contributed by atoms with E-state index in [9.17, 15) is 4.79 Å². The van der Waals surface area contributed by atoms with Crippen molar-refractivity contribution in [3.63, 3.8) is 0 Å². The summed E-state index contributed by atoms with van der Waals surface area (Å²) >= 11 is 0. The third kappa shape index (κ3) is 4.57. The average Bonchev–Trinajstić information content (AvgIpc) is 2.53. The maximum atomic E-state index is 11.3. The van der Waals surface area contributed by atoms with Crippen molar-refractivity contribution >= 4 is 11.9 Å². The van der Waals surface area contributed by atoms with Crippen molar-refractivity contribution in [1.82, 2.24) is 0 Å². The maximum absolute atomic E-state index is 11.3. The number of oxime groups is 1. The number of hydrogen-bond donors (Lipinski definition) is 0. The Labute approximate surface area is 135 Å². The molecule has 0 unspecified atom stereocenters. The van der Waals surface area contributed by atoms with Gasteiger partial charge in [-0.15, -0.1) is 0 Å². The van der Waals surface area contributed by atoms with Crippen molar-refractivity contribution in [2.75, 3.05) is 6.61 Å². The highest BCUT2D eigenvalue weighted by molar-refractivity contribution is 5.98. The van der Waals surface area contributed by atoms with Crippen LogP contribution in [0.3, 0.4) is 0 Å². The summed E-state index contributed by atoms with van der Waals surface area (Å²) in [7, 11) is 0. The Kier molecular flexibility index (Phi) is 5.74. The number of ether oxygens (including phenoxy) is 2. The van der Waals surface area contributed by atoms with E-state index in [0.29, 0.717) is 23.7 Å². The molecule has 0 heterocycles. The van der Waals surface area contributed by atoms with Crippen molar-refractivity contribution in [3.05, 3.63) is 59.7 Å². The molecule has 0 bridgehead atoms. The van der Waals surface area contributed by atoms with Gasteiger partial charge in [-0.25, -0.2) is 0 Å². The standard InChI is InChI=1S/C18H19NO4/c1-4-21-19-18(23-16-11-7-5-9-13(16)2)15-10-6-8-12-17(15)22-14(3)20/h5-12H,4H2,1-3H3/b19-18+. The van der Waals surface area contributed by atoms with E-state index in [1.165, 1.54) is 6.92 Å². The van der Waals surface area contributed by atoms with Crippen LogP contribution in [-0.2, 0) is 9.63 Å². The van der Waals surface area contributed by atoms with Crippen LogP contribution < -0.4 is 9.47 Å². The zero-order valence-corrected chi connectivity index (χ0v) is 13.4. The summed E-state index contributed by atoms with van der Waals surface area (Å²) in [6.07, 6.45) is 0. The van der Waals surface area contributed by atoms with Crippen LogP contribution in [0.5, 0.6) is 11.5 Å². The van der Waals surface area contributed by atoms with Crippen molar-refractivity contribution in [1.29, 1.82) is 0 Å². The van der Waals surface area contributed by atoms with Crippen LogP contribution in [0, 0.1) is 6.92 Å². The lowest BCUT2D eigenvalue weighted by Gasteiger charge is -2.13. The lowest BCUT2D eigenvalue weighted by atomic mass is 10.2. The smallest absolute Gasteiger partial charge is 0.308 e. The molecule has 5 nitrogen and oxygen atoms in total. The molecule has 0 aliphatic heterocycles. The molecule has 23 heavy (non-hydrogen) atoms. The number of hydrogen-bond acceptors (Lipinski definition) is 5. The second-order valence-electron chi connectivity index (χ2n) is 4.77. The van der Waals surface area contributed by atoms with Gasteiger partial charge >= 0.3 is 5.97 Å². The fraction of sp³-hybridized carbons (Fsp3) is 0.222. The van der Waals surface area contributed by atoms with E-state index < -0.39 is 5.97 Å². The van der Waals surface area contributed by atoms with E-state index in [2.05, 4.69) is 5.16 Å². The molecule has 0 amide bonds. The van der Waals surface area contributed by atoms with Gasteiger partial charge in [0.05, 0.1) is 5.56 Å². The lowest BCUT2D eigenvalue weighted by Crippen LogP contribution is -2.15. The summed E-state index contributed by atoms with van der Waals surface area (Å²) in [6.45, 7) is 5.51. The van der Waals surface area contributed by atoms with Crippen LogP contribution in [-0.4, -0.2) is 18.5 Å². The lowest BCUT2D eigenvalue weighted by molar-refractivity contribution is -0.131. The Balaban J connectivity index is 2.40. The number of rotatable bonds is 5. The van der Waals surface area contributed by atoms with Gasteiger partial charge in [0.15, 0.2) is 0 Å². The molecule has 0 saturated heterocycles. The van der Waals surface area contributed by atoms with E-state index in [4.69, 9.17) is 14.3 Å².